The van der Waals surface area contributed by atoms with E-state index in [1.165, 1.54) is 5.56 Å². The third-order valence-electron chi connectivity index (χ3n) is 2.78. The van der Waals surface area contributed by atoms with Crippen LogP contribution in [0.1, 0.15) is 17.2 Å². The molecule has 0 aliphatic rings. The molecule has 1 unspecified atom stereocenters. The summed E-state index contributed by atoms with van der Waals surface area (Å²) in [5.41, 5.74) is 2.34. The van der Waals surface area contributed by atoms with Crippen LogP contribution in [0.15, 0.2) is 60.7 Å². The van der Waals surface area contributed by atoms with E-state index in [2.05, 4.69) is 17.4 Å². The summed E-state index contributed by atoms with van der Waals surface area (Å²) in [7, 11) is 0. The Bertz CT molecular complexity index is 427. The summed E-state index contributed by atoms with van der Waals surface area (Å²) in [5, 5.41) is 12.7. The molecule has 0 fully saturated rings. The molecule has 2 heteroatoms. The molecular formula is C15H17NO. The first-order valence-corrected chi connectivity index (χ1v) is 5.83. The standard InChI is InChI=1S/C15H17NO/c17-12-15(14-9-5-2-6-10-14)16-11-13-7-3-1-4-8-13/h1-10,15-17H,11-12H2. The van der Waals surface area contributed by atoms with Crippen molar-refractivity contribution in [2.24, 2.45) is 0 Å². The first-order chi connectivity index (χ1) is 8.40. The van der Waals surface area contributed by atoms with Crippen LogP contribution in [-0.4, -0.2) is 11.7 Å². The fraction of sp³-hybridized carbons (Fsp3) is 0.200. The van der Waals surface area contributed by atoms with E-state index in [0.29, 0.717) is 0 Å². The molecule has 0 aliphatic carbocycles. The smallest absolute Gasteiger partial charge is 0.0626 e. The van der Waals surface area contributed by atoms with Crippen LogP contribution in [0.25, 0.3) is 0 Å². The Morgan fingerprint density at radius 2 is 1.47 bits per heavy atom. The van der Waals surface area contributed by atoms with Crippen molar-refractivity contribution in [3.8, 4) is 0 Å². The molecule has 88 valence electrons. The lowest BCUT2D eigenvalue weighted by molar-refractivity contribution is 0.243. The highest BCUT2D eigenvalue weighted by Crippen LogP contribution is 2.12. The van der Waals surface area contributed by atoms with Crippen molar-refractivity contribution in [3.05, 3.63) is 71.8 Å². The Balaban J connectivity index is 1.97. The number of hydrogen-bond donors (Lipinski definition) is 2. The van der Waals surface area contributed by atoms with Crippen molar-refractivity contribution in [1.29, 1.82) is 0 Å². The number of rotatable bonds is 5. The lowest BCUT2D eigenvalue weighted by Gasteiger charge is -2.16. The SMILES string of the molecule is OCC(NCc1ccccc1)c1ccccc1. The molecule has 0 amide bonds. The highest BCUT2D eigenvalue weighted by Gasteiger charge is 2.08. The number of hydrogen-bond acceptors (Lipinski definition) is 2. The van der Waals surface area contributed by atoms with Crippen molar-refractivity contribution in [3.63, 3.8) is 0 Å². The van der Waals surface area contributed by atoms with E-state index in [4.69, 9.17) is 0 Å². The summed E-state index contributed by atoms with van der Waals surface area (Å²) in [6, 6.07) is 20.2. The molecule has 0 saturated heterocycles. The van der Waals surface area contributed by atoms with E-state index < -0.39 is 0 Å². The van der Waals surface area contributed by atoms with Crippen molar-refractivity contribution in [1.82, 2.24) is 5.32 Å². The van der Waals surface area contributed by atoms with Gasteiger partial charge in [-0.2, -0.15) is 0 Å². The molecule has 2 nitrogen and oxygen atoms in total. The summed E-state index contributed by atoms with van der Waals surface area (Å²) in [4.78, 5) is 0. The predicted octanol–water partition coefficient (Wildman–Crippen LogP) is 2.51. The fourth-order valence-electron chi connectivity index (χ4n) is 1.81. The molecule has 0 saturated carbocycles. The van der Waals surface area contributed by atoms with Gasteiger partial charge in [0.05, 0.1) is 12.6 Å². The van der Waals surface area contributed by atoms with Crippen molar-refractivity contribution < 1.29 is 5.11 Å². The van der Waals surface area contributed by atoms with Crippen LogP contribution >= 0.6 is 0 Å². The summed E-state index contributed by atoms with van der Waals surface area (Å²) in [6.45, 7) is 0.873. The average molecular weight is 227 g/mol. The zero-order valence-corrected chi connectivity index (χ0v) is 9.71. The van der Waals surface area contributed by atoms with Gasteiger partial charge in [0.15, 0.2) is 0 Å². The van der Waals surface area contributed by atoms with Crippen LogP contribution in [0.2, 0.25) is 0 Å². The van der Waals surface area contributed by atoms with Crippen LogP contribution in [0, 0.1) is 0 Å². The molecule has 0 bridgehead atoms. The van der Waals surface area contributed by atoms with E-state index in [1.807, 2.05) is 48.5 Å². The lowest BCUT2D eigenvalue weighted by Crippen LogP contribution is -2.23. The number of benzene rings is 2. The van der Waals surface area contributed by atoms with Gasteiger partial charge in [-0.3, -0.25) is 0 Å². The van der Waals surface area contributed by atoms with Crippen LogP contribution in [0.5, 0.6) is 0 Å². The maximum Gasteiger partial charge on any atom is 0.0626 e. The van der Waals surface area contributed by atoms with Crippen LogP contribution in [0.4, 0.5) is 0 Å². The molecule has 2 aromatic rings. The second-order valence-corrected chi connectivity index (χ2v) is 4.01. The van der Waals surface area contributed by atoms with E-state index >= 15 is 0 Å². The van der Waals surface area contributed by atoms with E-state index in [0.717, 1.165) is 12.1 Å². The zero-order valence-electron chi connectivity index (χ0n) is 9.71. The summed E-state index contributed by atoms with van der Waals surface area (Å²) >= 11 is 0. The highest BCUT2D eigenvalue weighted by atomic mass is 16.3. The summed E-state index contributed by atoms with van der Waals surface area (Å²) in [6.07, 6.45) is 0. The third-order valence-corrected chi connectivity index (χ3v) is 2.78. The molecular weight excluding hydrogens is 210 g/mol. The largest absolute Gasteiger partial charge is 0.394 e. The maximum atomic E-state index is 9.39. The topological polar surface area (TPSA) is 32.3 Å². The monoisotopic (exact) mass is 227 g/mol. The molecule has 0 heterocycles. The van der Waals surface area contributed by atoms with Crippen LogP contribution in [-0.2, 0) is 6.54 Å². The van der Waals surface area contributed by atoms with E-state index in [-0.39, 0.29) is 12.6 Å². The van der Waals surface area contributed by atoms with Crippen molar-refractivity contribution in [2.45, 2.75) is 12.6 Å². The molecule has 2 aromatic carbocycles. The third kappa shape index (κ3) is 3.41. The normalized spacial score (nSPS) is 12.3. The minimum Gasteiger partial charge on any atom is -0.394 e. The van der Waals surface area contributed by atoms with Gasteiger partial charge in [-0.05, 0) is 11.1 Å². The number of aliphatic hydroxyl groups excluding tert-OH is 1. The molecule has 1 atom stereocenters. The molecule has 0 aliphatic heterocycles. The first-order valence-electron chi connectivity index (χ1n) is 5.83. The number of nitrogens with one attached hydrogen (secondary N) is 1. The minimum absolute atomic E-state index is 0.00333. The second kappa shape index (κ2) is 6.18. The van der Waals surface area contributed by atoms with Gasteiger partial charge in [0.25, 0.3) is 0 Å². The van der Waals surface area contributed by atoms with Gasteiger partial charge in [-0.25, -0.2) is 0 Å². The maximum absolute atomic E-state index is 9.39. The van der Waals surface area contributed by atoms with E-state index in [9.17, 15) is 5.11 Å². The number of aliphatic hydroxyl groups is 1. The van der Waals surface area contributed by atoms with Gasteiger partial charge in [-0.1, -0.05) is 60.7 Å². The van der Waals surface area contributed by atoms with Gasteiger partial charge >= 0.3 is 0 Å². The molecule has 2 N–H and O–H groups in total. The highest BCUT2D eigenvalue weighted by molar-refractivity contribution is 5.20. The van der Waals surface area contributed by atoms with Gasteiger partial charge in [-0.15, -0.1) is 0 Å². The Morgan fingerprint density at radius 3 is 2.06 bits per heavy atom. The molecule has 0 spiro atoms. The van der Waals surface area contributed by atoms with Gasteiger partial charge in [0, 0.05) is 6.54 Å². The van der Waals surface area contributed by atoms with E-state index in [1.54, 1.807) is 0 Å². The second-order valence-electron chi connectivity index (χ2n) is 4.01. The first kappa shape index (κ1) is 11.8. The van der Waals surface area contributed by atoms with Gasteiger partial charge in [0.1, 0.15) is 0 Å². The fourth-order valence-corrected chi connectivity index (χ4v) is 1.81. The molecule has 17 heavy (non-hydrogen) atoms. The predicted molar refractivity (Wildman–Crippen MR) is 69.6 cm³/mol. The Kier molecular flexibility index (Phi) is 4.30. The van der Waals surface area contributed by atoms with Crippen LogP contribution in [0.3, 0.4) is 0 Å². The molecule has 0 aromatic heterocycles. The van der Waals surface area contributed by atoms with Crippen molar-refractivity contribution >= 4 is 0 Å². The minimum atomic E-state index is -0.00333. The van der Waals surface area contributed by atoms with Gasteiger partial charge in [0.2, 0.25) is 0 Å². The summed E-state index contributed by atoms with van der Waals surface area (Å²) in [5.74, 6) is 0. The van der Waals surface area contributed by atoms with Crippen molar-refractivity contribution in [2.75, 3.05) is 6.61 Å². The Morgan fingerprint density at radius 1 is 0.882 bits per heavy atom. The molecule has 2 rings (SSSR count). The average Bonchev–Trinajstić information content (AvgIpc) is 2.42. The zero-order chi connectivity index (χ0) is 11.9. The molecule has 0 radical (unpaired) electrons. The quantitative estimate of drug-likeness (QED) is 0.822. The lowest BCUT2D eigenvalue weighted by atomic mass is 10.1. The summed E-state index contributed by atoms with van der Waals surface area (Å²) < 4.78 is 0. The van der Waals surface area contributed by atoms with Gasteiger partial charge < -0.3 is 10.4 Å². The van der Waals surface area contributed by atoms with Crippen LogP contribution < -0.4 is 5.32 Å². The Labute approximate surface area is 102 Å². The Hall–Kier alpha value is -1.64.